The van der Waals surface area contributed by atoms with E-state index in [4.69, 9.17) is 4.74 Å². The molecule has 0 aromatic heterocycles. The third-order valence-corrected chi connectivity index (χ3v) is 2.20. The Morgan fingerprint density at radius 2 is 2.21 bits per heavy atom. The van der Waals surface area contributed by atoms with E-state index in [-0.39, 0.29) is 0 Å². The Balaban J connectivity index is 1.94. The molecule has 1 aliphatic rings. The molecule has 1 heterocycles. The maximum absolute atomic E-state index is 10.7. The summed E-state index contributed by atoms with van der Waals surface area (Å²) in [6, 6.07) is 0. The fourth-order valence-corrected chi connectivity index (χ4v) is 1.41. The number of carbonyl (C=O) groups is 1. The number of nitrogens with one attached hydrogen (secondary N) is 2. The molecule has 1 saturated heterocycles. The maximum Gasteiger partial charge on any atom is 0.406 e. The third kappa shape index (κ3) is 4.43. The number of ether oxygens (including phenoxy) is 2. The largest absolute Gasteiger partial charge is 0.453 e. The molecule has 0 aliphatic carbocycles. The van der Waals surface area contributed by atoms with Crippen molar-refractivity contribution in [2.24, 2.45) is 0 Å². The average molecular weight is 202 g/mol. The van der Waals surface area contributed by atoms with Crippen LogP contribution in [-0.2, 0) is 9.47 Å². The topological polar surface area (TPSA) is 59.6 Å². The molecule has 5 nitrogen and oxygen atoms in total. The van der Waals surface area contributed by atoms with E-state index in [2.05, 4.69) is 15.4 Å². The van der Waals surface area contributed by atoms with Gasteiger partial charge in [0.2, 0.25) is 0 Å². The highest BCUT2D eigenvalue weighted by atomic mass is 16.5. The minimum absolute atomic E-state index is 0.343. The first kappa shape index (κ1) is 11.3. The first-order valence-electron chi connectivity index (χ1n) is 4.97. The van der Waals surface area contributed by atoms with Gasteiger partial charge >= 0.3 is 6.09 Å². The second kappa shape index (κ2) is 6.62. The summed E-state index contributed by atoms with van der Waals surface area (Å²) in [5.41, 5.74) is 0. The van der Waals surface area contributed by atoms with Gasteiger partial charge in [-0.3, -0.25) is 0 Å². The summed E-state index contributed by atoms with van der Waals surface area (Å²) in [4.78, 5) is 10.7. The highest BCUT2D eigenvalue weighted by Gasteiger charge is 2.12. The van der Waals surface area contributed by atoms with Crippen LogP contribution in [0.5, 0.6) is 0 Å². The summed E-state index contributed by atoms with van der Waals surface area (Å²) in [5, 5.41) is 5.83. The van der Waals surface area contributed by atoms with Crippen molar-refractivity contribution in [2.45, 2.75) is 18.9 Å². The van der Waals surface area contributed by atoms with E-state index in [0.29, 0.717) is 19.3 Å². The van der Waals surface area contributed by atoms with Crippen molar-refractivity contribution in [3.63, 3.8) is 0 Å². The Morgan fingerprint density at radius 1 is 1.50 bits per heavy atom. The molecule has 14 heavy (non-hydrogen) atoms. The fraction of sp³-hybridized carbons (Fsp3) is 0.889. The average Bonchev–Trinajstić information content (AvgIpc) is 2.25. The Bertz CT molecular complexity index is 169. The second-order valence-corrected chi connectivity index (χ2v) is 3.24. The van der Waals surface area contributed by atoms with Crippen LogP contribution in [0, 0.1) is 0 Å². The van der Waals surface area contributed by atoms with Crippen molar-refractivity contribution in [2.75, 3.05) is 33.4 Å². The van der Waals surface area contributed by atoms with Crippen molar-refractivity contribution >= 4 is 6.09 Å². The highest BCUT2D eigenvalue weighted by Crippen LogP contribution is 2.06. The molecule has 82 valence electrons. The zero-order chi connectivity index (χ0) is 10.2. The molecule has 1 amide bonds. The predicted molar refractivity (Wildman–Crippen MR) is 52.3 cm³/mol. The van der Waals surface area contributed by atoms with Crippen molar-refractivity contribution in [3.8, 4) is 0 Å². The van der Waals surface area contributed by atoms with E-state index in [9.17, 15) is 4.79 Å². The summed E-state index contributed by atoms with van der Waals surface area (Å²) in [5.74, 6) is 0. The van der Waals surface area contributed by atoms with E-state index >= 15 is 0 Å². The van der Waals surface area contributed by atoms with Crippen LogP contribution in [0.15, 0.2) is 0 Å². The molecule has 0 radical (unpaired) electrons. The third-order valence-electron chi connectivity index (χ3n) is 2.20. The van der Waals surface area contributed by atoms with Gasteiger partial charge in [0.15, 0.2) is 0 Å². The summed E-state index contributed by atoms with van der Waals surface area (Å²) < 4.78 is 9.99. The van der Waals surface area contributed by atoms with Crippen molar-refractivity contribution in [1.82, 2.24) is 10.6 Å². The number of piperidine rings is 1. The molecule has 0 atom stereocenters. The number of methoxy groups -OCH3 is 1. The Labute approximate surface area is 84.1 Å². The van der Waals surface area contributed by atoms with E-state index in [1.807, 2.05) is 0 Å². The summed E-state index contributed by atoms with van der Waals surface area (Å²) in [7, 11) is 1.35. The molecule has 1 fully saturated rings. The second-order valence-electron chi connectivity index (χ2n) is 3.24. The summed E-state index contributed by atoms with van der Waals surface area (Å²) in [6.45, 7) is 3.11. The number of amides is 1. The van der Waals surface area contributed by atoms with Gasteiger partial charge in [0.25, 0.3) is 0 Å². The van der Waals surface area contributed by atoms with Crippen LogP contribution in [0.4, 0.5) is 4.79 Å². The fourth-order valence-electron chi connectivity index (χ4n) is 1.41. The van der Waals surface area contributed by atoms with Gasteiger partial charge in [-0.05, 0) is 25.9 Å². The van der Waals surface area contributed by atoms with E-state index in [0.717, 1.165) is 25.9 Å². The summed E-state index contributed by atoms with van der Waals surface area (Å²) >= 11 is 0. The molecule has 0 aromatic carbocycles. The number of hydrogen-bond donors (Lipinski definition) is 2. The van der Waals surface area contributed by atoms with Gasteiger partial charge in [0.1, 0.15) is 0 Å². The van der Waals surface area contributed by atoms with E-state index in [1.54, 1.807) is 0 Å². The molecular formula is C9H18N2O3. The molecule has 0 bridgehead atoms. The molecular weight excluding hydrogens is 184 g/mol. The lowest BCUT2D eigenvalue weighted by atomic mass is 10.1. The van der Waals surface area contributed by atoms with Gasteiger partial charge in [-0.15, -0.1) is 0 Å². The van der Waals surface area contributed by atoms with Gasteiger partial charge in [-0.25, -0.2) is 4.79 Å². The molecule has 2 N–H and O–H groups in total. The van der Waals surface area contributed by atoms with Gasteiger partial charge in [0, 0.05) is 6.54 Å². The zero-order valence-corrected chi connectivity index (χ0v) is 8.54. The molecule has 0 aromatic rings. The zero-order valence-electron chi connectivity index (χ0n) is 8.54. The molecule has 0 unspecified atom stereocenters. The Hall–Kier alpha value is -0.810. The molecule has 0 spiro atoms. The monoisotopic (exact) mass is 202 g/mol. The van der Waals surface area contributed by atoms with Crippen LogP contribution in [0.1, 0.15) is 12.8 Å². The van der Waals surface area contributed by atoms with Crippen LogP contribution >= 0.6 is 0 Å². The molecule has 1 rings (SSSR count). The number of rotatable bonds is 4. The van der Waals surface area contributed by atoms with Crippen LogP contribution < -0.4 is 10.6 Å². The standard InChI is InChI=1S/C9H18N2O3/c1-13-9(12)11-6-7-14-8-2-4-10-5-3-8/h8,10H,2-7H2,1H3,(H,11,12). The van der Waals surface area contributed by atoms with Gasteiger partial charge < -0.3 is 20.1 Å². The smallest absolute Gasteiger partial charge is 0.406 e. The summed E-state index contributed by atoms with van der Waals surface area (Å²) in [6.07, 6.45) is 2.05. The van der Waals surface area contributed by atoms with Crippen molar-refractivity contribution < 1.29 is 14.3 Å². The van der Waals surface area contributed by atoms with Crippen LogP contribution in [-0.4, -0.2) is 45.5 Å². The molecule has 0 saturated carbocycles. The van der Waals surface area contributed by atoms with Crippen LogP contribution in [0.2, 0.25) is 0 Å². The van der Waals surface area contributed by atoms with Crippen molar-refractivity contribution in [1.29, 1.82) is 0 Å². The predicted octanol–water partition coefficient (Wildman–Crippen LogP) is 0.111. The SMILES string of the molecule is COC(=O)NCCOC1CCNCC1. The minimum Gasteiger partial charge on any atom is -0.453 e. The molecule has 1 aliphatic heterocycles. The normalized spacial score (nSPS) is 17.8. The van der Waals surface area contributed by atoms with E-state index in [1.165, 1.54) is 7.11 Å². The molecule has 5 heteroatoms. The van der Waals surface area contributed by atoms with Gasteiger partial charge in [-0.1, -0.05) is 0 Å². The van der Waals surface area contributed by atoms with Gasteiger partial charge in [0.05, 0.1) is 19.8 Å². The first-order valence-corrected chi connectivity index (χ1v) is 4.97. The maximum atomic E-state index is 10.7. The number of carbonyl (C=O) groups excluding carboxylic acids is 1. The van der Waals surface area contributed by atoms with Crippen molar-refractivity contribution in [3.05, 3.63) is 0 Å². The van der Waals surface area contributed by atoms with Crippen LogP contribution in [0.25, 0.3) is 0 Å². The lowest BCUT2D eigenvalue weighted by Gasteiger charge is -2.22. The number of hydrogen-bond acceptors (Lipinski definition) is 4. The number of alkyl carbamates (subject to hydrolysis) is 1. The Kier molecular flexibility index (Phi) is 5.32. The lowest BCUT2D eigenvalue weighted by Crippen LogP contribution is -2.34. The quantitative estimate of drug-likeness (QED) is 0.635. The first-order chi connectivity index (χ1) is 6.83. The van der Waals surface area contributed by atoms with Gasteiger partial charge in [-0.2, -0.15) is 0 Å². The van der Waals surface area contributed by atoms with E-state index < -0.39 is 6.09 Å². The van der Waals surface area contributed by atoms with Crippen LogP contribution in [0.3, 0.4) is 0 Å². The Morgan fingerprint density at radius 3 is 2.86 bits per heavy atom. The minimum atomic E-state index is -0.404. The lowest BCUT2D eigenvalue weighted by molar-refractivity contribution is 0.0346. The highest BCUT2D eigenvalue weighted by molar-refractivity contribution is 5.66.